The lowest BCUT2D eigenvalue weighted by Gasteiger charge is -2.22. The number of hydrogen-bond acceptors (Lipinski definition) is 3. The molecule has 0 saturated heterocycles. The molecular formula is C21H23NO3S. The van der Waals surface area contributed by atoms with E-state index in [4.69, 9.17) is 4.74 Å². The molecule has 0 aromatic heterocycles. The van der Waals surface area contributed by atoms with Gasteiger partial charge in [0.25, 0.3) is 0 Å². The summed E-state index contributed by atoms with van der Waals surface area (Å²) in [6, 6.07) is 14.3. The quantitative estimate of drug-likeness (QED) is 0.699. The van der Waals surface area contributed by atoms with Crippen LogP contribution in [0.5, 0.6) is 5.75 Å². The average Bonchev–Trinajstić information content (AvgIpc) is 2.65. The maximum atomic E-state index is 13.1. The van der Waals surface area contributed by atoms with Crippen molar-refractivity contribution in [2.75, 3.05) is 20.2 Å². The fourth-order valence-corrected chi connectivity index (χ4v) is 4.07. The van der Waals surface area contributed by atoms with Gasteiger partial charge in [-0.25, -0.2) is 8.42 Å². The first-order valence-electron chi connectivity index (χ1n) is 8.17. The molecule has 0 amide bonds. The van der Waals surface area contributed by atoms with Crippen LogP contribution < -0.4 is 4.74 Å². The number of ether oxygens (including phenoxy) is 1. The highest BCUT2D eigenvalue weighted by atomic mass is 32.2. The van der Waals surface area contributed by atoms with E-state index in [1.807, 2.05) is 30.3 Å². The fraction of sp³-hybridized carbons (Fsp3) is 0.238. The second-order valence-corrected chi connectivity index (χ2v) is 7.70. The molecular weight excluding hydrogens is 346 g/mol. The Morgan fingerprint density at radius 2 is 1.81 bits per heavy atom. The van der Waals surface area contributed by atoms with Gasteiger partial charge in [0.15, 0.2) is 0 Å². The lowest BCUT2D eigenvalue weighted by molar-refractivity contribution is 0.414. The molecule has 0 radical (unpaired) electrons. The topological polar surface area (TPSA) is 46.6 Å². The number of nitrogens with zero attached hydrogens (tertiary/aromatic N) is 1. The Balaban J connectivity index is 2.33. The van der Waals surface area contributed by atoms with Crippen LogP contribution in [-0.2, 0) is 10.0 Å². The van der Waals surface area contributed by atoms with Gasteiger partial charge in [-0.1, -0.05) is 42.8 Å². The van der Waals surface area contributed by atoms with Crippen LogP contribution >= 0.6 is 0 Å². The van der Waals surface area contributed by atoms with Gasteiger partial charge in [-0.2, -0.15) is 4.31 Å². The Hall–Kier alpha value is -2.55. The summed E-state index contributed by atoms with van der Waals surface area (Å²) in [7, 11) is -2.07. The van der Waals surface area contributed by atoms with Crippen molar-refractivity contribution in [2.45, 2.75) is 18.7 Å². The number of benzene rings is 2. The third-order valence-corrected chi connectivity index (χ3v) is 5.96. The molecule has 2 aromatic rings. The van der Waals surface area contributed by atoms with Gasteiger partial charge in [-0.15, -0.1) is 5.92 Å². The Kier molecular flexibility index (Phi) is 6.62. The average molecular weight is 369 g/mol. The van der Waals surface area contributed by atoms with E-state index in [9.17, 15) is 8.42 Å². The van der Waals surface area contributed by atoms with E-state index in [1.165, 1.54) is 4.31 Å². The van der Waals surface area contributed by atoms with Crippen molar-refractivity contribution in [3.8, 4) is 17.6 Å². The standard InChI is InChI=1S/C21H23NO3S/c1-5-6-15-22(26(23,24)21-10-8-7-9-17(21)2)16-18(3)19-11-13-20(25-4)14-12-19/h7-14H,3,15-16H2,1-2,4H3. The monoisotopic (exact) mass is 369 g/mol. The molecule has 5 heteroatoms. The molecule has 0 aliphatic carbocycles. The van der Waals surface area contributed by atoms with Crippen LogP contribution in [0.15, 0.2) is 60.0 Å². The van der Waals surface area contributed by atoms with Crippen molar-refractivity contribution in [3.05, 3.63) is 66.2 Å². The molecule has 4 nitrogen and oxygen atoms in total. The molecule has 0 spiro atoms. The molecule has 0 aliphatic heterocycles. The molecule has 0 fully saturated rings. The smallest absolute Gasteiger partial charge is 0.244 e. The number of sulfonamides is 1. The van der Waals surface area contributed by atoms with Crippen molar-refractivity contribution >= 4 is 15.6 Å². The molecule has 0 bridgehead atoms. The minimum atomic E-state index is -3.67. The maximum Gasteiger partial charge on any atom is 0.244 e. The highest BCUT2D eigenvalue weighted by Gasteiger charge is 2.26. The highest BCUT2D eigenvalue weighted by molar-refractivity contribution is 7.89. The molecule has 0 aliphatic rings. The van der Waals surface area contributed by atoms with Crippen molar-refractivity contribution in [2.24, 2.45) is 0 Å². The second-order valence-electron chi connectivity index (χ2n) is 5.80. The largest absolute Gasteiger partial charge is 0.497 e. The molecule has 0 saturated carbocycles. The summed E-state index contributed by atoms with van der Waals surface area (Å²) in [5.41, 5.74) is 2.26. The van der Waals surface area contributed by atoms with Crippen LogP contribution in [0.25, 0.3) is 5.57 Å². The molecule has 136 valence electrons. The summed E-state index contributed by atoms with van der Waals surface area (Å²) >= 11 is 0. The SMILES string of the molecule is C=C(CN(CC#CC)S(=O)(=O)c1ccccc1C)c1ccc(OC)cc1. The van der Waals surface area contributed by atoms with E-state index < -0.39 is 10.0 Å². The Morgan fingerprint density at radius 3 is 2.38 bits per heavy atom. The van der Waals surface area contributed by atoms with Gasteiger partial charge < -0.3 is 4.74 Å². The van der Waals surface area contributed by atoms with Crippen LogP contribution in [0.4, 0.5) is 0 Å². The van der Waals surface area contributed by atoms with Gasteiger partial charge in [0.2, 0.25) is 10.0 Å². The molecule has 0 heterocycles. The first-order valence-corrected chi connectivity index (χ1v) is 9.61. The highest BCUT2D eigenvalue weighted by Crippen LogP contribution is 2.23. The Labute approximate surface area is 156 Å². The molecule has 2 aromatic carbocycles. The van der Waals surface area contributed by atoms with E-state index in [0.29, 0.717) is 16.0 Å². The van der Waals surface area contributed by atoms with Gasteiger partial charge in [-0.3, -0.25) is 0 Å². The van der Waals surface area contributed by atoms with E-state index in [1.54, 1.807) is 39.2 Å². The van der Waals surface area contributed by atoms with Gasteiger partial charge >= 0.3 is 0 Å². The third kappa shape index (κ3) is 4.54. The van der Waals surface area contributed by atoms with Crippen LogP contribution in [-0.4, -0.2) is 32.9 Å². The first-order chi connectivity index (χ1) is 12.4. The minimum absolute atomic E-state index is 0.113. The van der Waals surface area contributed by atoms with E-state index in [-0.39, 0.29) is 13.1 Å². The van der Waals surface area contributed by atoms with Gasteiger partial charge in [0, 0.05) is 6.54 Å². The summed E-state index contributed by atoms with van der Waals surface area (Å²) in [5.74, 6) is 6.36. The van der Waals surface area contributed by atoms with Crippen molar-refractivity contribution in [1.82, 2.24) is 4.31 Å². The number of aryl methyl sites for hydroxylation is 1. The van der Waals surface area contributed by atoms with Crippen LogP contribution in [0.2, 0.25) is 0 Å². The normalized spacial score (nSPS) is 10.9. The number of rotatable bonds is 7. The second kappa shape index (κ2) is 8.70. The Morgan fingerprint density at radius 1 is 1.15 bits per heavy atom. The predicted octanol–water partition coefficient (Wildman–Crippen LogP) is 3.73. The molecule has 0 unspecified atom stereocenters. The minimum Gasteiger partial charge on any atom is -0.497 e. The lowest BCUT2D eigenvalue weighted by Crippen LogP contribution is -2.33. The zero-order chi connectivity index (χ0) is 19.2. The van der Waals surface area contributed by atoms with Gasteiger partial charge in [0.05, 0.1) is 18.6 Å². The van der Waals surface area contributed by atoms with E-state index in [2.05, 4.69) is 18.4 Å². The molecule has 26 heavy (non-hydrogen) atoms. The molecule has 0 atom stereocenters. The molecule has 0 N–H and O–H groups in total. The third-order valence-electron chi connectivity index (χ3n) is 4.01. The summed E-state index contributed by atoms with van der Waals surface area (Å²) in [4.78, 5) is 0.292. The zero-order valence-electron chi connectivity index (χ0n) is 15.3. The van der Waals surface area contributed by atoms with Crippen LogP contribution in [0.3, 0.4) is 0 Å². The van der Waals surface area contributed by atoms with Gasteiger partial charge in [0.1, 0.15) is 5.75 Å². The summed E-state index contributed by atoms with van der Waals surface area (Å²) in [5, 5.41) is 0. The maximum absolute atomic E-state index is 13.1. The predicted molar refractivity (Wildman–Crippen MR) is 105 cm³/mol. The number of hydrogen-bond donors (Lipinski definition) is 0. The summed E-state index contributed by atoms with van der Waals surface area (Å²) < 4.78 is 32.8. The van der Waals surface area contributed by atoms with E-state index in [0.717, 1.165) is 11.3 Å². The van der Waals surface area contributed by atoms with Crippen molar-refractivity contribution in [1.29, 1.82) is 0 Å². The summed E-state index contributed by atoms with van der Waals surface area (Å²) in [6.45, 7) is 7.82. The summed E-state index contributed by atoms with van der Waals surface area (Å²) in [6.07, 6.45) is 0. The fourth-order valence-electron chi connectivity index (χ4n) is 2.51. The first kappa shape index (κ1) is 19.8. The van der Waals surface area contributed by atoms with Crippen LogP contribution in [0, 0.1) is 18.8 Å². The zero-order valence-corrected chi connectivity index (χ0v) is 16.1. The van der Waals surface area contributed by atoms with Crippen molar-refractivity contribution < 1.29 is 13.2 Å². The molecule has 2 rings (SSSR count). The lowest BCUT2D eigenvalue weighted by atomic mass is 10.1. The van der Waals surface area contributed by atoms with Crippen molar-refractivity contribution in [3.63, 3.8) is 0 Å². The number of methoxy groups -OCH3 is 1. The van der Waals surface area contributed by atoms with Gasteiger partial charge in [-0.05, 0) is 48.7 Å². The van der Waals surface area contributed by atoms with Crippen LogP contribution in [0.1, 0.15) is 18.1 Å². The van der Waals surface area contributed by atoms with E-state index >= 15 is 0 Å². The Bertz CT molecular complexity index is 935.